The van der Waals surface area contributed by atoms with Gasteiger partial charge in [-0.25, -0.2) is 0 Å². The fourth-order valence-corrected chi connectivity index (χ4v) is 2.40. The van der Waals surface area contributed by atoms with E-state index in [1.807, 2.05) is 0 Å². The highest BCUT2D eigenvalue weighted by molar-refractivity contribution is 5.82. The predicted octanol–water partition coefficient (Wildman–Crippen LogP) is 1.42. The van der Waals surface area contributed by atoms with Crippen molar-refractivity contribution in [2.45, 2.75) is 52.1 Å². The van der Waals surface area contributed by atoms with Gasteiger partial charge in [-0.15, -0.1) is 0 Å². The molecule has 0 aliphatic carbocycles. The lowest BCUT2D eigenvalue weighted by molar-refractivity contribution is -0.155. The average molecular weight is 299 g/mol. The fourth-order valence-electron chi connectivity index (χ4n) is 2.40. The number of nitrogens with one attached hydrogen (secondary N) is 1. The van der Waals surface area contributed by atoms with Gasteiger partial charge in [0, 0.05) is 18.9 Å². The maximum atomic E-state index is 11.8. The van der Waals surface area contributed by atoms with Gasteiger partial charge in [-0.2, -0.15) is 0 Å². The van der Waals surface area contributed by atoms with Crippen molar-refractivity contribution in [3.63, 3.8) is 0 Å². The quantitative estimate of drug-likeness (QED) is 0.750. The molecule has 0 spiro atoms. The number of esters is 2. The van der Waals surface area contributed by atoms with Crippen molar-refractivity contribution in [3.8, 4) is 0 Å². The van der Waals surface area contributed by atoms with Gasteiger partial charge in [-0.05, 0) is 40.0 Å². The van der Waals surface area contributed by atoms with E-state index in [1.54, 1.807) is 20.8 Å². The van der Waals surface area contributed by atoms with Gasteiger partial charge < -0.3 is 14.8 Å². The molecule has 1 fully saturated rings. The van der Waals surface area contributed by atoms with Crippen molar-refractivity contribution < 1.29 is 23.9 Å². The number of ether oxygens (including phenoxy) is 2. The molecule has 1 N–H and O–H groups in total. The standard InChI is InChI=1S/C15H25NO5/c1-15(2,3)21-12(17)6-5-11(14(19)20-4)9-10-7-8-16-13(10)18/h10-11H,5-9H2,1-4H3,(H,16,18)/t10-,11-/m0/s1. The smallest absolute Gasteiger partial charge is 0.308 e. The number of carbonyl (C=O) groups excluding carboxylic acids is 3. The van der Waals surface area contributed by atoms with Crippen LogP contribution in [0.5, 0.6) is 0 Å². The Labute approximate surface area is 125 Å². The summed E-state index contributed by atoms with van der Waals surface area (Å²) in [7, 11) is 1.32. The zero-order chi connectivity index (χ0) is 16.0. The van der Waals surface area contributed by atoms with Crippen molar-refractivity contribution in [2.24, 2.45) is 11.8 Å². The first-order chi connectivity index (χ1) is 9.73. The molecule has 1 aliphatic rings. The molecule has 0 unspecified atom stereocenters. The Morgan fingerprint density at radius 2 is 2.05 bits per heavy atom. The minimum atomic E-state index is -0.539. The van der Waals surface area contributed by atoms with Crippen LogP contribution in [0.1, 0.15) is 46.5 Å². The van der Waals surface area contributed by atoms with Crippen molar-refractivity contribution in [1.29, 1.82) is 0 Å². The number of methoxy groups -OCH3 is 1. The number of carbonyl (C=O) groups is 3. The normalized spacial score (nSPS) is 19.8. The molecule has 1 amide bonds. The number of hydrogen-bond acceptors (Lipinski definition) is 5. The third kappa shape index (κ3) is 6.14. The van der Waals surface area contributed by atoms with Crippen molar-refractivity contribution in [1.82, 2.24) is 5.32 Å². The Morgan fingerprint density at radius 1 is 1.38 bits per heavy atom. The van der Waals surface area contributed by atoms with E-state index >= 15 is 0 Å². The summed E-state index contributed by atoms with van der Waals surface area (Å²) < 4.78 is 9.99. The van der Waals surface area contributed by atoms with Gasteiger partial charge in [0.2, 0.25) is 5.91 Å². The molecule has 1 aliphatic heterocycles. The minimum Gasteiger partial charge on any atom is -0.469 e. The van der Waals surface area contributed by atoms with Gasteiger partial charge in [-0.3, -0.25) is 14.4 Å². The van der Waals surface area contributed by atoms with E-state index in [4.69, 9.17) is 9.47 Å². The lowest BCUT2D eigenvalue weighted by atomic mass is 9.90. The Kier molecular flexibility index (Phi) is 6.18. The summed E-state index contributed by atoms with van der Waals surface area (Å²) in [6.07, 6.45) is 1.62. The first-order valence-electron chi connectivity index (χ1n) is 7.30. The molecule has 21 heavy (non-hydrogen) atoms. The van der Waals surface area contributed by atoms with E-state index < -0.39 is 11.5 Å². The van der Waals surface area contributed by atoms with E-state index in [-0.39, 0.29) is 30.2 Å². The summed E-state index contributed by atoms with van der Waals surface area (Å²) in [5, 5.41) is 2.75. The second-order valence-electron chi connectivity index (χ2n) is 6.36. The van der Waals surface area contributed by atoms with Gasteiger partial charge in [0.05, 0.1) is 13.0 Å². The summed E-state index contributed by atoms with van der Waals surface area (Å²) in [6, 6.07) is 0. The molecule has 1 heterocycles. The number of rotatable bonds is 6. The van der Waals surface area contributed by atoms with Gasteiger partial charge in [0.1, 0.15) is 5.60 Å². The van der Waals surface area contributed by atoms with Gasteiger partial charge in [0.25, 0.3) is 0 Å². The lowest BCUT2D eigenvalue weighted by Crippen LogP contribution is -2.27. The van der Waals surface area contributed by atoms with Crippen LogP contribution in [0.25, 0.3) is 0 Å². The van der Waals surface area contributed by atoms with Crippen molar-refractivity contribution in [3.05, 3.63) is 0 Å². The van der Waals surface area contributed by atoms with Crippen LogP contribution in [0.2, 0.25) is 0 Å². The van der Waals surface area contributed by atoms with E-state index in [0.29, 0.717) is 19.4 Å². The minimum absolute atomic E-state index is 0.0267. The van der Waals surface area contributed by atoms with Gasteiger partial charge in [-0.1, -0.05) is 0 Å². The fraction of sp³-hybridized carbons (Fsp3) is 0.800. The molecular formula is C15H25NO5. The molecule has 6 heteroatoms. The van der Waals surface area contributed by atoms with Crippen LogP contribution in [0, 0.1) is 11.8 Å². The summed E-state index contributed by atoms with van der Waals surface area (Å²) in [5.74, 6) is -1.36. The SMILES string of the molecule is COC(=O)[C@@H](CCC(=O)OC(C)(C)C)C[C@@H]1CCNC1=O. The highest BCUT2D eigenvalue weighted by Gasteiger charge is 2.31. The van der Waals surface area contributed by atoms with Crippen LogP contribution in [0.3, 0.4) is 0 Å². The van der Waals surface area contributed by atoms with Crippen LogP contribution < -0.4 is 5.32 Å². The molecule has 0 aromatic heterocycles. The number of amides is 1. The van der Waals surface area contributed by atoms with Crippen LogP contribution in [0.4, 0.5) is 0 Å². The van der Waals surface area contributed by atoms with Crippen LogP contribution in [0.15, 0.2) is 0 Å². The molecule has 120 valence electrons. The van der Waals surface area contributed by atoms with E-state index in [9.17, 15) is 14.4 Å². The third-order valence-electron chi connectivity index (χ3n) is 3.38. The molecule has 0 aromatic rings. The maximum Gasteiger partial charge on any atom is 0.308 e. The Hall–Kier alpha value is -1.59. The molecular weight excluding hydrogens is 274 g/mol. The highest BCUT2D eigenvalue weighted by atomic mass is 16.6. The molecule has 1 rings (SSSR count). The zero-order valence-corrected chi connectivity index (χ0v) is 13.2. The summed E-state index contributed by atoms with van der Waals surface area (Å²) in [6.45, 7) is 6.03. The first kappa shape index (κ1) is 17.5. The predicted molar refractivity (Wildman–Crippen MR) is 76.3 cm³/mol. The largest absolute Gasteiger partial charge is 0.469 e. The monoisotopic (exact) mass is 299 g/mol. The maximum absolute atomic E-state index is 11.8. The molecule has 0 bridgehead atoms. The van der Waals surface area contributed by atoms with Crippen LogP contribution in [-0.4, -0.2) is 37.1 Å². The molecule has 0 saturated carbocycles. The van der Waals surface area contributed by atoms with E-state index in [2.05, 4.69) is 5.32 Å². The molecule has 1 saturated heterocycles. The summed E-state index contributed by atoms with van der Waals surface area (Å²) >= 11 is 0. The number of hydrogen-bond donors (Lipinski definition) is 1. The molecule has 6 nitrogen and oxygen atoms in total. The second-order valence-corrected chi connectivity index (χ2v) is 6.36. The lowest BCUT2D eigenvalue weighted by Gasteiger charge is -2.21. The van der Waals surface area contributed by atoms with E-state index in [1.165, 1.54) is 7.11 Å². The topological polar surface area (TPSA) is 81.7 Å². The zero-order valence-electron chi connectivity index (χ0n) is 13.2. The van der Waals surface area contributed by atoms with Crippen LogP contribution in [-0.2, 0) is 23.9 Å². The van der Waals surface area contributed by atoms with Gasteiger partial charge in [0.15, 0.2) is 0 Å². The second kappa shape index (κ2) is 7.43. The van der Waals surface area contributed by atoms with Gasteiger partial charge >= 0.3 is 11.9 Å². The van der Waals surface area contributed by atoms with E-state index in [0.717, 1.165) is 6.42 Å². The molecule has 0 radical (unpaired) electrons. The Balaban J connectivity index is 2.52. The highest BCUT2D eigenvalue weighted by Crippen LogP contribution is 2.24. The first-order valence-corrected chi connectivity index (χ1v) is 7.30. The van der Waals surface area contributed by atoms with Crippen molar-refractivity contribution in [2.75, 3.05) is 13.7 Å². The summed E-state index contributed by atoms with van der Waals surface area (Å²) in [4.78, 5) is 35.1. The summed E-state index contributed by atoms with van der Waals surface area (Å²) in [5.41, 5.74) is -0.539. The van der Waals surface area contributed by atoms with Crippen LogP contribution >= 0.6 is 0 Å². The molecule has 2 atom stereocenters. The molecule has 0 aromatic carbocycles. The Bertz CT molecular complexity index is 399. The van der Waals surface area contributed by atoms with Crippen molar-refractivity contribution >= 4 is 17.8 Å². The average Bonchev–Trinajstić information content (AvgIpc) is 2.77. The Morgan fingerprint density at radius 3 is 2.52 bits per heavy atom. The third-order valence-corrected chi connectivity index (χ3v) is 3.38.